The van der Waals surface area contributed by atoms with Crippen LogP contribution < -0.4 is 5.32 Å². The molecule has 0 bridgehead atoms. The van der Waals surface area contributed by atoms with Gasteiger partial charge in [-0.05, 0) is 12.8 Å². The molecule has 1 unspecified atom stereocenters. The van der Waals surface area contributed by atoms with Crippen LogP contribution in [0.2, 0.25) is 0 Å². The molecule has 2 aliphatic rings. The van der Waals surface area contributed by atoms with Gasteiger partial charge in [0.2, 0.25) is 5.91 Å². The van der Waals surface area contributed by atoms with Gasteiger partial charge in [0.25, 0.3) is 0 Å². The number of nitrogens with one attached hydrogen (secondary N) is 1. The predicted molar refractivity (Wildman–Crippen MR) is 34.3 cm³/mol. The smallest absolute Gasteiger partial charge is 0.221 e. The molecule has 1 saturated heterocycles. The van der Waals surface area contributed by atoms with Crippen molar-refractivity contribution in [2.75, 3.05) is 0 Å². The second kappa shape index (κ2) is 1.59. The number of carbonyl (C=O) groups excluding carboxylic acids is 2. The molecule has 0 radical (unpaired) electrons. The second-order valence-corrected chi connectivity index (χ2v) is 3.15. The Balaban J connectivity index is 2.20. The molecule has 0 aromatic heterocycles. The van der Waals surface area contributed by atoms with Gasteiger partial charge in [-0.3, -0.25) is 4.79 Å². The zero-order chi connectivity index (χ0) is 7.19. The molecule has 1 spiro atoms. The minimum absolute atomic E-state index is 0.0367. The van der Waals surface area contributed by atoms with E-state index >= 15 is 0 Å². The van der Waals surface area contributed by atoms with E-state index in [4.69, 9.17) is 0 Å². The molecule has 1 N–H and O–H groups in total. The van der Waals surface area contributed by atoms with Gasteiger partial charge in [-0.2, -0.15) is 0 Å². The molecular weight excluding hydrogens is 130 g/mol. The molecule has 0 aromatic rings. The third-order valence-corrected chi connectivity index (χ3v) is 2.46. The highest BCUT2D eigenvalue weighted by molar-refractivity contribution is 5.85. The maximum Gasteiger partial charge on any atom is 0.221 e. The molecule has 3 heteroatoms. The lowest BCUT2D eigenvalue weighted by Gasteiger charge is -2.09. The topological polar surface area (TPSA) is 46.2 Å². The minimum Gasteiger partial charge on any atom is -0.350 e. The average molecular weight is 139 g/mol. The summed E-state index contributed by atoms with van der Waals surface area (Å²) in [5.74, 6) is -0.00500. The van der Waals surface area contributed by atoms with Crippen molar-refractivity contribution >= 4 is 12.2 Å². The van der Waals surface area contributed by atoms with E-state index in [9.17, 15) is 9.59 Å². The van der Waals surface area contributed by atoms with E-state index in [0.29, 0.717) is 6.42 Å². The zero-order valence-corrected chi connectivity index (χ0v) is 5.59. The largest absolute Gasteiger partial charge is 0.350 e. The molecule has 2 rings (SSSR count). The van der Waals surface area contributed by atoms with E-state index in [1.807, 2.05) is 0 Å². The highest BCUT2D eigenvalue weighted by Crippen LogP contribution is 2.46. The number of carbonyl (C=O) groups is 2. The first-order valence-electron chi connectivity index (χ1n) is 3.53. The molecule has 1 saturated carbocycles. The summed E-state index contributed by atoms with van der Waals surface area (Å²) in [6, 6.07) is 0. The van der Waals surface area contributed by atoms with E-state index in [1.165, 1.54) is 0 Å². The molecule has 1 aliphatic heterocycles. The lowest BCUT2D eigenvalue weighted by Crippen LogP contribution is -2.31. The van der Waals surface area contributed by atoms with Crippen LogP contribution in [0.4, 0.5) is 0 Å². The predicted octanol–water partition coefficient (Wildman–Crippen LogP) is -0.146. The summed E-state index contributed by atoms with van der Waals surface area (Å²) in [5.41, 5.74) is -0.0845. The van der Waals surface area contributed by atoms with Crippen LogP contribution in [-0.4, -0.2) is 17.7 Å². The Morgan fingerprint density at radius 1 is 1.60 bits per heavy atom. The van der Waals surface area contributed by atoms with Gasteiger partial charge in [0.15, 0.2) is 0 Å². The first kappa shape index (κ1) is 5.89. The van der Waals surface area contributed by atoms with E-state index in [0.717, 1.165) is 19.1 Å². The molecule has 1 heterocycles. The third-order valence-electron chi connectivity index (χ3n) is 2.46. The quantitative estimate of drug-likeness (QED) is 0.514. The fourth-order valence-corrected chi connectivity index (χ4v) is 1.63. The molecule has 54 valence electrons. The van der Waals surface area contributed by atoms with Gasteiger partial charge >= 0.3 is 0 Å². The van der Waals surface area contributed by atoms with Crippen molar-refractivity contribution < 1.29 is 9.59 Å². The lowest BCUT2D eigenvalue weighted by atomic mass is 10.0. The van der Waals surface area contributed by atoms with Crippen LogP contribution in [0.15, 0.2) is 0 Å². The maximum absolute atomic E-state index is 10.8. The van der Waals surface area contributed by atoms with Crippen LogP contribution in [0.1, 0.15) is 19.3 Å². The van der Waals surface area contributed by atoms with Gasteiger partial charge in [0.1, 0.15) is 6.29 Å². The standard InChI is InChI=1S/C7H9NO2/c9-4-5-3-6(10)8-7(5)1-2-7/h4-5H,1-3H2,(H,8,10). The van der Waals surface area contributed by atoms with E-state index in [2.05, 4.69) is 5.32 Å². The van der Waals surface area contributed by atoms with Crippen molar-refractivity contribution in [3.63, 3.8) is 0 Å². The second-order valence-electron chi connectivity index (χ2n) is 3.15. The van der Waals surface area contributed by atoms with Gasteiger partial charge in [-0.1, -0.05) is 0 Å². The molecule has 1 aliphatic carbocycles. The van der Waals surface area contributed by atoms with Crippen LogP contribution in [0.25, 0.3) is 0 Å². The average Bonchev–Trinajstić information content (AvgIpc) is 2.55. The number of hydrogen-bond acceptors (Lipinski definition) is 2. The van der Waals surface area contributed by atoms with Crippen LogP contribution in [0, 0.1) is 5.92 Å². The maximum atomic E-state index is 10.8. The van der Waals surface area contributed by atoms with Crippen molar-refractivity contribution in [1.29, 1.82) is 0 Å². The Bertz CT molecular complexity index is 196. The van der Waals surface area contributed by atoms with Crippen molar-refractivity contribution in [2.24, 2.45) is 5.92 Å². The van der Waals surface area contributed by atoms with Gasteiger partial charge < -0.3 is 10.1 Å². The molecule has 10 heavy (non-hydrogen) atoms. The molecule has 0 aromatic carbocycles. The summed E-state index contributed by atoms with van der Waals surface area (Å²) >= 11 is 0. The first-order chi connectivity index (χ1) is 4.77. The highest BCUT2D eigenvalue weighted by Gasteiger charge is 2.55. The van der Waals surface area contributed by atoms with Gasteiger partial charge in [0.05, 0.1) is 5.54 Å². The fourth-order valence-electron chi connectivity index (χ4n) is 1.63. The SMILES string of the molecule is O=CC1CC(=O)NC12CC2. The van der Waals surface area contributed by atoms with Crippen LogP contribution in [-0.2, 0) is 9.59 Å². The summed E-state index contributed by atoms with van der Waals surface area (Å²) in [7, 11) is 0. The van der Waals surface area contributed by atoms with Gasteiger partial charge in [-0.25, -0.2) is 0 Å². The van der Waals surface area contributed by atoms with Crippen molar-refractivity contribution in [3.05, 3.63) is 0 Å². The van der Waals surface area contributed by atoms with E-state index in [-0.39, 0.29) is 17.4 Å². The highest BCUT2D eigenvalue weighted by atomic mass is 16.2. The summed E-state index contributed by atoms with van der Waals surface area (Å²) in [6.07, 6.45) is 3.29. The molecule has 2 fully saturated rings. The van der Waals surface area contributed by atoms with Crippen molar-refractivity contribution in [1.82, 2.24) is 5.32 Å². The van der Waals surface area contributed by atoms with Gasteiger partial charge in [0, 0.05) is 12.3 Å². The summed E-state index contributed by atoms with van der Waals surface area (Å²) < 4.78 is 0. The third kappa shape index (κ3) is 0.602. The molecule has 3 nitrogen and oxygen atoms in total. The minimum atomic E-state index is -0.0845. The molecule has 1 atom stereocenters. The number of amides is 1. The Labute approximate surface area is 58.8 Å². The monoisotopic (exact) mass is 139 g/mol. The van der Waals surface area contributed by atoms with Crippen LogP contribution in [0.3, 0.4) is 0 Å². The molecular formula is C7H9NO2. The number of aldehydes is 1. The summed E-state index contributed by atoms with van der Waals surface area (Å²) in [5, 5.41) is 2.84. The van der Waals surface area contributed by atoms with E-state index < -0.39 is 0 Å². The lowest BCUT2D eigenvalue weighted by molar-refractivity contribution is -0.120. The summed E-state index contributed by atoms with van der Waals surface area (Å²) in [6.45, 7) is 0. The zero-order valence-electron chi connectivity index (χ0n) is 5.59. The Morgan fingerprint density at radius 2 is 2.30 bits per heavy atom. The Hall–Kier alpha value is -0.860. The number of rotatable bonds is 1. The van der Waals surface area contributed by atoms with E-state index in [1.54, 1.807) is 0 Å². The Kier molecular flexibility index (Phi) is 0.938. The summed E-state index contributed by atoms with van der Waals surface area (Å²) in [4.78, 5) is 21.2. The number of hydrogen-bond donors (Lipinski definition) is 1. The van der Waals surface area contributed by atoms with Crippen LogP contribution >= 0.6 is 0 Å². The van der Waals surface area contributed by atoms with Crippen LogP contribution in [0.5, 0.6) is 0 Å². The van der Waals surface area contributed by atoms with Crippen molar-refractivity contribution in [3.8, 4) is 0 Å². The Morgan fingerprint density at radius 3 is 2.70 bits per heavy atom. The fraction of sp³-hybridized carbons (Fsp3) is 0.714. The first-order valence-corrected chi connectivity index (χ1v) is 3.53. The van der Waals surface area contributed by atoms with Crippen molar-refractivity contribution in [2.45, 2.75) is 24.8 Å². The normalized spacial score (nSPS) is 34.0. The van der Waals surface area contributed by atoms with Gasteiger partial charge in [-0.15, -0.1) is 0 Å². The molecule has 1 amide bonds.